The van der Waals surface area contributed by atoms with Crippen molar-refractivity contribution < 1.29 is 0 Å². The van der Waals surface area contributed by atoms with Gasteiger partial charge in [-0.05, 0) is 224 Å². The van der Waals surface area contributed by atoms with Gasteiger partial charge in [0.1, 0.15) is 0 Å². The van der Waals surface area contributed by atoms with Gasteiger partial charge in [-0.3, -0.25) is 0 Å². The fourth-order valence-corrected chi connectivity index (χ4v) is 19.3. The number of nitrogens with one attached hydrogen (secondary N) is 4. The molecule has 6 aliphatic rings. The number of nitrogens with zero attached hydrogens (tertiary/aromatic N) is 8. The van der Waals surface area contributed by atoms with Crippen molar-refractivity contribution in [3.63, 3.8) is 0 Å². The first-order valence-corrected chi connectivity index (χ1v) is 44.2. The van der Waals surface area contributed by atoms with Gasteiger partial charge in [0.2, 0.25) is 23.8 Å². The molecule has 12 nitrogen and oxygen atoms in total. The lowest BCUT2D eigenvalue weighted by Gasteiger charge is -2.28. The fourth-order valence-electron chi connectivity index (χ4n) is 18.9. The number of hydrogen-bond donors (Lipinski definition) is 4. The van der Waals surface area contributed by atoms with Gasteiger partial charge in [-0.25, -0.2) is 39.9 Å². The van der Waals surface area contributed by atoms with E-state index in [0.717, 1.165) is 105 Å². The van der Waals surface area contributed by atoms with E-state index < -0.39 is 0 Å². The number of halogens is 2. The number of fused-ring (bicyclic) bond motifs is 15. The number of anilines is 7. The van der Waals surface area contributed by atoms with E-state index in [0.29, 0.717) is 48.1 Å². The molecule has 0 fully saturated rings. The van der Waals surface area contributed by atoms with Crippen LogP contribution < -0.4 is 21.3 Å². The number of hydrogen-bond acceptors (Lipinski definition) is 12. The molecule has 14 heteroatoms. The molecule has 4 unspecified atom stereocenters. The third-order valence-corrected chi connectivity index (χ3v) is 25.8. The van der Waals surface area contributed by atoms with Gasteiger partial charge in [0.15, 0.2) is 0 Å². The molecular formula is C112H92Cl2N12. The van der Waals surface area contributed by atoms with Gasteiger partial charge in [0.25, 0.3) is 0 Å². The summed E-state index contributed by atoms with van der Waals surface area (Å²) in [4.78, 5) is 38.3. The molecule has 4 atom stereocenters. The van der Waals surface area contributed by atoms with Crippen molar-refractivity contribution in [3.8, 4) is 45.0 Å². The Morgan fingerprint density at radius 2 is 0.706 bits per heavy atom. The molecule has 0 aliphatic heterocycles. The number of aromatic nitrogens is 8. The minimum absolute atomic E-state index is 0.195. The molecule has 0 saturated heterocycles. The minimum Gasteiger partial charge on any atom is -0.350 e. The third kappa shape index (κ3) is 16.9. The normalized spacial score (nSPS) is 15.4. The maximum absolute atomic E-state index is 6.58. The number of benzene rings is 13. The van der Waals surface area contributed by atoms with Crippen molar-refractivity contribution in [2.45, 2.75) is 102 Å². The number of allylic oxidation sites excluding steroid dienone is 2. The van der Waals surface area contributed by atoms with Crippen molar-refractivity contribution in [1.29, 1.82) is 0 Å². The molecule has 4 heterocycles. The molecule has 0 bridgehead atoms. The van der Waals surface area contributed by atoms with Crippen LogP contribution in [-0.4, -0.2) is 39.9 Å². The van der Waals surface area contributed by atoms with Crippen LogP contribution in [0.2, 0.25) is 10.0 Å². The van der Waals surface area contributed by atoms with Gasteiger partial charge in [-0.1, -0.05) is 315 Å². The average Bonchev–Trinajstić information content (AvgIpc) is 0.873. The Balaban J connectivity index is 0.000000106. The third-order valence-electron chi connectivity index (χ3n) is 25.2. The van der Waals surface area contributed by atoms with E-state index >= 15 is 0 Å². The average molecular weight is 1680 g/mol. The summed E-state index contributed by atoms with van der Waals surface area (Å²) in [5.41, 5.74) is 37.6. The maximum atomic E-state index is 6.58. The van der Waals surface area contributed by atoms with Crippen LogP contribution in [0.4, 0.5) is 40.9 Å². The number of rotatable bonds is 14. The van der Waals surface area contributed by atoms with Gasteiger partial charge in [0.05, 0.1) is 22.8 Å². The highest BCUT2D eigenvalue weighted by molar-refractivity contribution is 6.31. The van der Waals surface area contributed by atoms with Crippen LogP contribution in [0.25, 0.3) is 68.0 Å². The smallest absolute Gasteiger partial charge is 0.227 e. The molecule has 4 aromatic heterocycles. The Hall–Kier alpha value is -14.3. The highest BCUT2D eigenvalue weighted by Gasteiger charge is 2.33. The molecule has 6 aliphatic carbocycles. The van der Waals surface area contributed by atoms with E-state index in [1.807, 2.05) is 49.1 Å². The Labute approximate surface area is 745 Å². The lowest BCUT2D eigenvalue weighted by atomic mass is 9.78. The van der Waals surface area contributed by atoms with Crippen molar-refractivity contribution in [1.82, 2.24) is 39.9 Å². The van der Waals surface area contributed by atoms with Crippen LogP contribution in [0.15, 0.2) is 345 Å². The Morgan fingerprint density at radius 3 is 1.17 bits per heavy atom. The Kier molecular flexibility index (Phi) is 22.6. The van der Waals surface area contributed by atoms with E-state index in [1.54, 1.807) is 0 Å². The molecule has 23 rings (SSSR count). The second-order valence-corrected chi connectivity index (χ2v) is 34.7. The van der Waals surface area contributed by atoms with Crippen molar-refractivity contribution in [3.05, 3.63) is 456 Å². The molecule has 0 spiro atoms. The van der Waals surface area contributed by atoms with Gasteiger partial charge in [0, 0.05) is 104 Å². The maximum Gasteiger partial charge on any atom is 0.227 e. The Morgan fingerprint density at radius 1 is 0.333 bits per heavy atom. The molecule has 13 aromatic carbocycles. The molecule has 126 heavy (non-hydrogen) atoms. The standard InChI is InChI=1S/C29H22ClN3.C28H22ClN3.C28H23N3.C27H25N3/c30-27-15-6-5-13-24(27)26-16-21-18-32-29(33-28(21)25-14-4-3-12-23(25)26)31-17-20-10-7-9-19-8-1-2-11-22(19)20;1-17-12-19-8-11-23(14-20(19)13-17)31-28-30-16-21-15-26(18-6-9-22(29)10-7-18)24-4-2-3-5-25(24)27(21)32-28;1-18-13-20-11-12-23(15-21(20)14-18)30-28-29-17-22-16-26(19-7-3-2-4-8-19)24-9-5-6-10-25(24)27(22)31-28;1-18(2)19-12-14-22(15-13-19)29-27-28-17-21-16-25(20-8-4-3-5-9-20)23-10-6-7-11-24(23)26(21)30-27/h1-15,18,26H,16-17H2,(H,31,32,33);2-11,13-14,16,26H,12,15H2,1H3,(H,30,31,32);2-12,14-15,17,26H,13,16H2,1H3,(H,29,30,31);3-15,17-18,25H,16H2,1-2H3,(H,28,29,30). The first-order valence-electron chi connectivity index (χ1n) is 43.5. The zero-order valence-electron chi connectivity index (χ0n) is 70.6. The highest BCUT2D eigenvalue weighted by atomic mass is 35.5. The summed E-state index contributed by atoms with van der Waals surface area (Å²) >= 11 is 12.7. The van der Waals surface area contributed by atoms with Gasteiger partial charge < -0.3 is 21.3 Å². The van der Waals surface area contributed by atoms with Crippen LogP contribution in [-0.2, 0) is 45.1 Å². The van der Waals surface area contributed by atoms with Crippen molar-refractivity contribution >= 4 is 87.0 Å². The molecule has 4 N–H and O–H groups in total. The topological polar surface area (TPSA) is 151 Å². The predicted octanol–water partition coefficient (Wildman–Crippen LogP) is 27.7. The molecule has 0 amide bonds. The monoisotopic (exact) mass is 1670 g/mol. The minimum atomic E-state index is 0.195. The molecule has 0 radical (unpaired) electrons. The lowest BCUT2D eigenvalue weighted by Crippen LogP contribution is -2.15. The lowest BCUT2D eigenvalue weighted by molar-refractivity contribution is 0.782. The van der Waals surface area contributed by atoms with E-state index in [1.165, 1.54) is 128 Å². The van der Waals surface area contributed by atoms with Crippen LogP contribution in [0.1, 0.15) is 157 Å². The summed E-state index contributed by atoms with van der Waals surface area (Å²) in [5, 5.41) is 17.7. The summed E-state index contributed by atoms with van der Waals surface area (Å²) in [5.74, 6) is 4.21. The first-order chi connectivity index (χ1) is 61.8. The summed E-state index contributed by atoms with van der Waals surface area (Å²) in [6, 6.07) is 108. The van der Waals surface area contributed by atoms with E-state index in [2.05, 4.69) is 366 Å². The summed E-state index contributed by atoms with van der Waals surface area (Å²) < 4.78 is 0. The van der Waals surface area contributed by atoms with Gasteiger partial charge in [-0.15, -0.1) is 0 Å². The Bertz CT molecular complexity index is 7000. The summed E-state index contributed by atoms with van der Waals surface area (Å²) in [7, 11) is 0. The van der Waals surface area contributed by atoms with Crippen LogP contribution in [0.5, 0.6) is 0 Å². The predicted molar refractivity (Wildman–Crippen MR) is 517 cm³/mol. The SMILES string of the molecule is CC(C)c1ccc(Nc2ncc3c(n2)-c2ccccc2C(c2ccccc2)C3)cc1.CC1=Cc2cc(Nc3ncc4c(n3)-c3ccccc3C(c3ccc(Cl)cc3)C4)ccc2C1.CC1=Cc2cc(Nc3ncc4c(n3)-c3ccccc3C(c3ccccc3)C4)ccc2C1.Clc1ccccc1C1Cc2cnc(NCc3cccc4ccccc34)nc2-c2ccccc21. The van der Waals surface area contributed by atoms with Crippen LogP contribution >= 0.6 is 23.2 Å². The van der Waals surface area contributed by atoms with Gasteiger partial charge in [-0.2, -0.15) is 0 Å². The van der Waals surface area contributed by atoms with E-state index in [4.69, 9.17) is 43.1 Å². The summed E-state index contributed by atoms with van der Waals surface area (Å²) in [6.07, 6.45) is 18.0. The largest absolute Gasteiger partial charge is 0.350 e. The molecular weight excluding hydrogens is 1580 g/mol. The fraction of sp³-hybridized carbons (Fsp3) is 0.143. The van der Waals surface area contributed by atoms with Crippen molar-refractivity contribution in [2.24, 2.45) is 0 Å². The van der Waals surface area contributed by atoms with Crippen LogP contribution in [0.3, 0.4) is 0 Å². The first kappa shape index (κ1) is 80.1. The van der Waals surface area contributed by atoms with E-state index in [9.17, 15) is 0 Å². The molecule has 17 aromatic rings. The molecule has 0 saturated carbocycles. The summed E-state index contributed by atoms with van der Waals surface area (Å²) in [6.45, 7) is 9.43. The van der Waals surface area contributed by atoms with E-state index in [-0.39, 0.29) is 11.8 Å². The quantitative estimate of drug-likeness (QED) is 0.0820. The second kappa shape index (κ2) is 35.5. The second-order valence-electron chi connectivity index (χ2n) is 33.8. The van der Waals surface area contributed by atoms with Gasteiger partial charge >= 0.3 is 0 Å². The zero-order valence-corrected chi connectivity index (χ0v) is 72.1. The zero-order chi connectivity index (χ0) is 85.1. The molecule has 614 valence electrons. The van der Waals surface area contributed by atoms with Crippen LogP contribution in [0, 0.1) is 0 Å². The van der Waals surface area contributed by atoms with Crippen molar-refractivity contribution in [2.75, 3.05) is 21.3 Å². The highest BCUT2D eigenvalue weighted by Crippen LogP contribution is 2.48.